The third-order valence-electron chi connectivity index (χ3n) is 3.85. The van der Waals surface area contributed by atoms with Crippen LogP contribution in [-0.2, 0) is 0 Å². The Kier molecular flexibility index (Phi) is 4.29. The Labute approximate surface area is 137 Å². The molecule has 0 N–H and O–H groups in total. The molecule has 0 saturated carbocycles. The minimum atomic E-state index is 0.660. The summed E-state index contributed by atoms with van der Waals surface area (Å²) in [6, 6.07) is 24.8. The van der Waals surface area contributed by atoms with E-state index in [0.717, 1.165) is 11.3 Å². The van der Waals surface area contributed by atoms with Crippen LogP contribution in [0.5, 0.6) is 5.75 Å². The highest BCUT2D eigenvalue weighted by Gasteiger charge is 2.03. The van der Waals surface area contributed by atoms with Crippen molar-refractivity contribution < 1.29 is 4.74 Å². The van der Waals surface area contributed by atoms with E-state index in [4.69, 9.17) is 4.74 Å². The normalized spacial score (nSPS) is 10.3. The summed E-state index contributed by atoms with van der Waals surface area (Å²) in [6.45, 7) is 8.18. The zero-order valence-corrected chi connectivity index (χ0v) is 13.5. The van der Waals surface area contributed by atoms with Crippen molar-refractivity contribution in [3.8, 4) is 16.9 Å². The fourth-order valence-corrected chi connectivity index (χ4v) is 2.40. The Morgan fingerprint density at radius 2 is 1.09 bits per heavy atom. The Morgan fingerprint density at radius 1 is 0.652 bits per heavy atom. The molecule has 0 bridgehead atoms. The first-order chi connectivity index (χ1) is 11.1. The van der Waals surface area contributed by atoms with Crippen LogP contribution in [0.4, 0.5) is 0 Å². The first-order valence-electron chi connectivity index (χ1n) is 7.73. The van der Waals surface area contributed by atoms with Crippen LogP contribution in [-0.4, -0.2) is 0 Å². The number of aryl methyl sites for hydroxylation is 2. The summed E-state index contributed by atoms with van der Waals surface area (Å²) in [5, 5.41) is 0. The van der Waals surface area contributed by atoms with Crippen LogP contribution in [0.15, 0.2) is 79.4 Å². The molecule has 1 heteroatoms. The molecule has 3 rings (SSSR count). The monoisotopic (exact) mass is 300 g/mol. The molecule has 0 radical (unpaired) electrons. The van der Waals surface area contributed by atoms with E-state index < -0.39 is 0 Å². The van der Waals surface area contributed by atoms with Crippen LogP contribution in [0.1, 0.15) is 16.7 Å². The van der Waals surface area contributed by atoms with Crippen LogP contribution in [0.2, 0.25) is 0 Å². The molecular weight excluding hydrogens is 280 g/mol. The summed E-state index contributed by atoms with van der Waals surface area (Å²) >= 11 is 0. The first kappa shape index (κ1) is 15.1. The van der Waals surface area contributed by atoms with Crippen molar-refractivity contribution in [3.63, 3.8) is 0 Å². The summed E-state index contributed by atoms with van der Waals surface area (Å²) in [5.74, 6) is 1.46. The maximum atomic E-state index is 5.86. The molecule has 1 nitrogen and oxygen atoms in total. The van der Waals surface area contributed by atoms with Crippen LogP contribution in [0.25, 0.3) is 16.9 Å². The lowest BCUT2D eigenvalue weighted by atomic mass is 10.0. The van der Waals surface area contributed by atoms with Crippen LogP contribution in [0, 0.1) is 13.8 Å². The average molecular weight is 300 g/mol. The molecule has 3 aromatic rings. The van der Waals surface area contributed by atoms with Gasteiger partial charge in [0.05, 0.1) is 0 Å². The number of rotatable bonds is 4. The number of ether oxygens (including phenoxy) is 1. The van der Waals surface area contributed by atoms with Gasteiger partial charge in [0.25, 0.3) is 0 Å². The quantitative estimate of drug-likeness (QED) is 0.535. The van der Waals surface area contributed by atoms with Crippen LogP contribution >= 0.6 is 0 Å². The van der Waals surface area contributed by atoms with E-state index in [9.17, 15) is 0 Å². The molecule has 0 aromatic heterocycles. The van der Waals surface area contributed by atoms with Gasteiger partial charge in [-0.15, -0.1) is 0 Å². The topological polar surface area (TPSA) is 9.23 Å². The molecule has 0 fully saturated rings. The zero-order valence-electron chi connectivity index (χ0n) is 13.5. The average Bonchev–Trinajstić information content (AvgIpc) is 2.57. The standard InChI is InChI=1S/C22H20O/c1-16-4-8-19(9-5-16)18(3)23-22-14-12-21(13-15-22)20-10-6-17(2)7-11-20/h4-15H,3H2,1-2H3. The van der Waals surface area contributed by atoms with Gasteiger partial charge in [-0.3, -0.25) is 0 Å². The summed E-state index contributed by atoms with van der Waals surface area (Å²) in [7, 11) is 0. The van der Waals surface area contributed by atoms with Gasteiger partial charge in [-0.05, 0) is 37.1 Å². The largest absolute Gasteiger partial charge is 0.457 e. The van der Waals surface area contributed by atoms with Crippen molar-refractivity contribution in [2.45, 2.75) is 13.8 Å². The van der Waals surface area contributed by atoms with Gasteiger partial charge in [0.2, 0.25) is 0 Å². The molecule has 0 aliphatic carbocycles. The smallest absolute Gasteiger partial charge is 0.127 e. The van der Waals surface area contributed by atoms with Crippen LogP contribution in [0.3, 0.4) is 0 Å². The van der Waals surface area contributed by atoms with Gasteiger partial charge >= 0.3 is 0 Å². The van der Waals surface area contributed by atoms with Gasteiger partial charge in [-0.1, -0.05) is 78.4 Å². The lowest BCUT2D eigenvalue weighted by Crippen LogP contribution is -1.93. The van der Waals surface area contributed by atoms with E-state index in [0.29, 0.717) is 5.76 Å². The maximum absolute atomic E-state index is 5.86. The van der Waals surface area contributed by atoms with Crippen molar-refractivity contribution in [3.05, 3.63) is 96.1 Å². The Hall–Kier alpha value is -2.80. The fourth-order valence-electron chi connectivity index (χ4n) is 2.40. The molecule has 0 saturated heterocycles. The molecule has 0 amide bonds. The lowest BCUT2D eigenvalue weighted by molar-refractivity contribution is 0.517. The molecule has 3 aromatic carbocycles. The highest BCUT2D eigenvalue weighted by molar-refractivity contribution is 5.65. The van der Waals surface area contributed by atoms with Crippen molar-refractivity contribution in [2.24, 2.45) is 0 Å². The SMILES string of the molecule is C=C(Oc1ccc(-c2ccc(C)cc2)cc1)c1ccc(C)cc1. The Morgan fingerprint density at radius 3 is 1.61 bits per heavy atom. The lowest BCUT2D eigenvalue weighted by Gasteiger charge is -2.10. The van der Waals surface area contributed by atoms with E-state index >= 15 is 0 Å². The van der Waals surface area contributed by atoms with Crippen LogP contribution < -0.4 is 4.74 Å². The van der Waals surface area contributed by atoms with Gasteiger partial charge in [-0.25, -0.2) is 0 Å². The first-order valence-corrected chi connectivity index (χ1v) is 7.73. The van der Waals surface area contributed by atoms with Gasteiger partial charge in [-0.2, -0.15) is 0 Å². The third kappa shape index (κ3) is 3.70. The molecule has 0 unspecified atom stereocenters. The highest BCUT2D eigenvalue weighted by Crippen LogP contribution is 2.25. The molecule has 0 heterocycles. The Bertz CT molecular complexity index is 794. The zero-order chi connectivity index (χ0) is 16.2. The number of benzene rings is 3. The van der Waals surface area contributed by atoms with Gasteiger partial charge < -0.3 is 4.74 Å². The van der Waals surface area contributed by atoms with E-state index in [2.05, 4.69) is 69.0 Å². The van der Waals surface area contributed by atoms with Crippen molar-refractivity contribution >= 4 is 5.76 Å². The van der Waals surface area contributed by atoms with Gasteiger partial charge in [0.15, 0.2) is 0 Å². The molecule has 0 spiro atoms. The summed E-state index contributed by atoms with van der Waals surface area (Å²) < 4.78 is 5.86. The van der Waals surface area contributed by atoms with Crippen molar-refractivity contribution in [1.82, 2.24) is 0 Å². The van der Waals surface area contributed by atoms with E-state index in [1.165, 1.54) is 22.3 Å². The van der Waals surface area contributed by atoms with E-state index in [1.807, 2.05) is 24.3 Å². The minimum Gasteiger partial charge on any atom is -0.457 e. The molecule has 0 aliphatic heterocycles. The van der Waals surface area contributed by atoms with E-state index in [1.54, 1.807) is 0 Å². The summed E-state index contributed by atoms with van der Waals surface area (Å²) in [6.07, 6.45) is 0. The Balaban J connectivity index is 1.73. The molecular formula is C22H20O. The van der Waals surface area contributed by atoms with Crippen molar-refractivity contribution in [2.75, 3.05) is 0 Å². The molecule has 23 heavy (non-hydrogen) atoms. The second kappa shape index (κ2) is 6.53. The summed E-state index contributed by atoms with van der Waals surface area (Å²) in [4.78, 5) is 0. The molecule has 0 aliphatic rings. The second-order valence-corrected chi connectivity index (χ2v) is 5.78. The van der Waals surface area contributed by atoms with Crippen molar-refractivity contribution in [1.29, 1.82) is 0 Å². The van der Waals surface area contributed by atoms with E-state index in [-0.39, 0.29) is 0 Å². The number of hydrogen-bond donors (Lipinski definition) is 0. The predicted octanol–water partition coefficient (Wildman–Crippen LogP) is 6.02. The van der Waals surface area contributed by atoms with Gasteiger partial charge in [0, 0.05) is 5.56 Å². The minimum absolute atomic E-state index is 0.660. The van der Waals surface area contributed by atoms with Gasteiger partial charge in [0.1, 0.15) is 11.5 Å². The molecule has 0 atom stereocenters. The molecule has 114 valence electrons. The third-order valence-corrected chi connectivity index (χ3v) is 3.85. The predicted molar refractivity (Wildman–Crippen MR) is 97.5 cm³/mol. The highest BCUT2D eigenvalue weighted by atomic mass is 16.5. The maximum Gasteiger partial charge on any atom is 0.127 e. The summed E-state index contributed by atoms with van der Waals surface area (Å²) in [5.41, 5.74) is 5.88. The number of hydrogen-bond acceptors (Lipinski definition) is 1. The second-order valence-electron chi connectivity index (χ2n) is 5.78. The fraction of sp³-hybridized carbons (Fsp3) is 0.0909.